The molecule has 0 bridgehead atoms. The number of amides is 1. The Kier molecular flexibility index (Phi) is 6.17. The number of aryl methyl sites for hydroxylation is 1. The average molecular weight is 514 g/mol. The number of hydrogen-bond acceptors (Lipinski definition) is 6. The van der Waals surface area contributed by atoms with E-state index >= 15 is 0 Å². The van der Waals surface area contributed by atoms with E-state index in [4.69, 9.17) is 4.74 Å². The van der Waals surface area contributed by atoms with E-state index in [1.54, 1.807) is 29.1 Å². The molecule has 2 aromatic carbocycles. The smallest absolute Gasteiger partial charge is 0.270 e. The lowest BCUT2D eigenvalue weighted by Gasteiger charge is -2.40. The first-order valence-electron chi connectivity index (χ1n) is 12.6. The Morgan fingerprint density at radius 3 is 2.74 bits per heavy atom. The number of halogens is 1. The van der Waals surface area contributed by atoms with Crippen molar-refractivity contribution in [3.05, 3.63) is 95.5 Å². The fraction of sp³-hybridized carbons (Fsp3) is 0.276. The number of nitrogens with zero attached hydrogens (tertiary/aromatic N) is 4. The van der Waals surface area contributed by atoms with Gasteiger partial charge < -0.3 is 19.7 Å². The molecule has 38 heavy (non-hydrogen) atoms. The Hall–Kier alpha value is -4.08. The summed E-state index contributed by atoms with van der Waals surface area (Å²) in [6.45, 7) is 2.91. The molecule has 2 aromatic heterocycles. The zero-order valence-corrected chi connectivity index (χ0v) is 21.1. The van der Waals surface area contributed by atoms with Gasteiger partial charge in [-0.1, -0.05) is 30.3 Å². The number of methoxy groups -OCH3 is 1. The van der Waals surface area contributed by atoms with Crippen molar-refractivity contribution in [1.82, 2.24) is 24.8 Å². The molecule has 4 aromatic rings. The van der Waals surface area contributed by atoms with E-state index < -0.39 is 18.1 Å². The third kappa shape index (κ3) is 4.23. The minimum absolute atomic E-state index is 0.153. The van der Waals surface area contributed by atoms with Crippen molar-refractivity contribution in [1.29, 1.82) is 0 Å². The van der Waals surface area contributed by atoms with Crippen LogP contribution in [0.15, 0.2) is 67.1 Å². The largest absolute Gasteiger partial charge is 0.479 e. The number of hydrogen-bond donors (Lipinski definition) is 2. The first-order valence-corrected chi connectivity index (χ1v) is 12.6. The third-order valence-electron chi connectivity index (χ3n) is 7.40. The van der Waals surface area contributed by atoms with Crippen LogP contribution in [0.4, 0.5) is 4.39 Å². The van der Waals surface area contributed by atoms with Crippen LogP contribution >= 0.6 is 0 Å². The number of benzene rings is 2. The number of likely N-dealkylation sites (tertiary alicyclic amines) is 1. The van der Waals surface area contributed by atoms with Crippen molar-refractivity contribution in [2.24, 2.45) is 0 Å². The van der Waals surface area contributed by atoms with Crippen LogP contribution in [0.3, 0.4) is 0 Å². The number of rotatable bonds is 5. The predicted octanol–water partition coefficient (Wildman–Crippen LogP) is 3.66. The highest BCUT2D eigenvalue weighted by atomic mass is 19.1. The van der Waals surface area contributed by atoms with Crippen molar-refractivity contribution in [2.45, 2.75) is 31.5 Å². The third-order valence-corrected chi connectivity index (χ3v) is 7.40. The van der Waals surface area contributed by atoms with E-state index in [-0.39, 0.29) is 17.6 Å². The quantitative estimate of drug-likeness (QED) is 0.423. The number of aromatic nitrogens is 3. The number of aliphatic hydroxyl groups excluding tert-OH is 1. The van der Waals surface area contributed by atoms with Gasteiger partial charge in [0.1, 0.15) is 17.2 Å². The maximum Gasteiger partial charge on any atom is 0.270 e. The molecular weight excluding hydrogens is 485 g/mol. The number of aliphatic hydroxyl groups is 1. The maximum absolute atomic E-state index is 14.3. The van der Waals surface area contributed by atoms with Gasteiger partial charge in [0.05, 0.1) is 37.3 Å². The molecule has 1 aliphatic carbocycles. The summed E-state index contributed by atoms with van der Waals surface area (Å²) in [6.07, 6.45) is 3.27. The summed E-state index contributed by atoms with van der Waals surface area (Å²) in [5.74, 6) is -0.388. The lowest BCUT2D eigenvalue weighted by molar-refractivity contribution is 0.0340. The lowest BCUT2D eigenvalue weighted by atomic mass is 9.96. The molecule has 8 nitrogen and oxygen atoms in total. The Bertz CT molecular complexity index is 1520. The van der Waals surface area contributed by atoms with Gasteiger partial charge in [-0.2, -0.15) is 0 Å². The highest BCUT2D eigenvalue weighted by Crippen LogP contribution is 2.47. The van der Waals surface area contributed by atoms with E-state index in [9.17, 15) is 14.3 Å². The SMILES string of the molecule is COc1nc(C(=O)NC2CN(C3c4ccccc4-c4ccc(F)cc43)CCC2O)ccc1-n1cnc(C)c1. The van der Waals surface area contributed by atoms with Crippen LogP contribution in [0.25, 0.3) is 16.8 Å². The van der Waals surface area contributed by atoms with Gasteiger partial charge in [-0.25, -0.2) is 14.4 Å². The van der Waals surface area contributed by atoms with Crippen LogP contribution in [-0.4, -0.2) is 62.8 Å². The van der Waals surface area contributed by atoms with E-state index in [0.717, 1.165) is 27.9 Å². The summed E-state index contributed by atoms with van der Waals surface area (Å²) in [6, 6.07) is 15.7. The molecule has 0 radical (unpaired) electrons. The number of fused-ring (bicyclic) bond motifs is 3. The van der Waals surface area contributed by atoms with Gasteiger partial charge in [0.15, 0.2) is 0 Å². The Morgan fingerprint density at radius 2 is 1.95 bits per heavy atom. The summed E-state index contributed by atoms with van der Waals surface area (Å²) in [5.41, 5.74) is 5.81. The van der Waals surface area contributed by atoms with Gasteiger partial charge in [-0.3, -0.25) is 9.69 Å². The average Bonchev–Trinajstić information content (AvgIpc) is 3.50. The van der Waals surface area contributed by atoms with Gasteiger partial charge in [0.25, 0.3) is 5.91 Å². The van der Waals surface area contributed by atoms with Crippen LogP contribution in [0, 0.1) is 12.7 Å². The van der Waals surface area contributed by atoms with Crippen molar-refractivity contribution >= 4 is 5.91 Å². The van der Waals surface area contributed by atoms with Gasteiger partial charge in [-0.15, -0.1) is 0 Å². The van der Waals surface area contributed by atoms with Crippen LogP contribution < -0.4 is 10.1 Å². The molecule has 6 rings (SSSR count). The predicted molar refractivity (Wildman–Crippen MR) is 140 cm³/mol. The zero-order valence-electron chi connectivity index (χ0n) is 21.1. The van der Waals surface area contributed by atoms with Crippen LogP contribution in [0.5, 0.6) is 5.88 Å². The summed E-state index contributed by atoms with van der Waals surface area (Å²) in [4.78, 5) is 24.1. The van der Waals surface area contributed by atoms with Gasteiger partial charge in [0.2, 0.25) is 5.88 Å². The fourth-order valence-electron chi connectivity index (χ4n) is 5.59. The molecule has 0 spiro atoms. The zero-order chi connectivity index (χ0) is 26.4. The minimum Gasteiger partial charge on any atom is -0.479 e. The van der Waals surface area contributed by atoms with Crippen molar-refractivity contribution in [3.8, 4) is 22.7 Å². The van der Waals surface area contributed by atoms with Crippen LogP contribution in [-0.2, 0) is 0 Å². The topological polar surface area (TPSA) is 92.5 Å². The summed E-state index contributed by atoms with van der Waals surface area (Å²) in [5, 5.41) is 13.8. The molecule has 1 aliphatic heterocycles. The summed E-state index contributed by atoms with van der Waals surface area (Å²) >= 11 is 0. The number of nitrogens with one attached hydrogen (secondary N) is 1. The minimum atomic E-state index is -0.714. The number of ether oxygens (including phenoxy) is 1. The van der Waals surface area contributed by atoms with E-state index in [0.29, 0.717) is 31.1 Å². The first-order chi connectivity index (χ1) is 18.4. The molecule has 2 N–H and O–H groups in total. The number of carbonyl (C=O) groups excluding carboxylic acids is 1. The maximum atomic E-state index is 14.3. The number of carbonyl (C=O) groups is 1. The number of imidazole rings is 1. The number of piperidine rings is 1. The second kappa shape index (κ2) is 9.66. The normalized spacial score (nSPS) is 20.6. The van der Waals surface area contributed by atoms with Gasteiger partial charge in [-0.05, 0) is 59.9 Å². The fourth-order valence-corrected chi connectivity index (χ4v) is 5.59. The number of pyridine rings is 1. The highest BCUT2D eigenvalue weighted by molar-refractivity contribution is 5.93. The first kappa shape index (κ1) is 24.3. The monoisotopic (exact) mass is 513 g/mol. The molecular formula is C29H28FN5O3. The van der Waals surface area contributed by atoms with E-state index in [1.807, 2.05) is 31.3 Å². The molecule has 3 atom stereocenters. The van der Waals surface area contributed by atoms with Crippen LogP contribution in [0.2, 0.25) is 0 Å². The molecule has 0 saturated carbocycles. The highest BCUT2D eigenvalue weighted by Gasteiger charge is 2.38. The van der Waals surface area contributed by atoms with Crippen molar-refractivity contribution < 1.29 is 19.0 Å². The van der Waals surface area contributed by atoms with E-state index in [2.05, 4.69) is 32.3 Å². The standard InChI is InChI=1S/C29H28FN5O3/c1-17-14-35(16-31-17)25-10-9-23(33-29(25)38-2)28(37)32-24-15-34(12-11-26(24)36)27-21-6-4-3-5-19(21)20-8-7-18(30)13-22(20)27/h3-10,13-14,16,24,26-27,36H,11-12,15H2,1-2H3,(H,32,37). The summed E-state index contributed by atoms with van der Waals surface area (Å²) < 4.78 is 21.5. The molecule has 1 fully saturated rings. The van der Waals surface area contributed by atoms with Crippen molar-refractivity contribution in [2.75, 3.05) is 20.2 Å². The van der Waals surface area contributed by atoms with Gasteiger partial charge >= 0.3 is 0 Å². The Balaban J connectivity index is 1.24. The van der Waals surface area contributed by atoms with E-state index in [1.165, 1.54) is 13.2 Å². The molecule has 194 valence electrons. The molecule has 1 saturated heterocycles. The lowest BCUT2D eigenvalue weighted by Crippen LogP contribution is -2.55. The second-order valence-corrected chi connectivity index (χ2v) is 9.80. The van der Waals surface area contributed by atoms with Crippen molar-refractivity contribution in [3.63, 3.8) is 0 Å². The molecule has 3 unspecified atom stereocenters. The summed E-state index contributed by atoms with van der Waals surface area (Å²) in [7, 11) is 1.50. The van der Waals surface area contributed by atoms with Gasteiger partial charge in [0, 0.05) is 19.3 Å². The molecule has 9 heteroatoms. The van der Waals surface area contributed by atoms with Crippen LogP contribution in [0.1, 0.15) is 39.8 Å². The Labute approximate surface area is 219 Å². The molecule has 1 amide bonds. The second-order valence-electron chi connectivity index (χ2n) is 9.80. The molecule has 3 heterocycles. The Morgan fingerprint density at radius 1 is 1.13 bits per heavy atom. The molecule has 2 aliphatic rings.